The van der Waals surface area contributed by atoms with Crippen molar-refractivity contribution in [2.75, 3.05) is 26.6 Å². The molecule has 0 aliphatic carbocycles. The van der Waals surface area contributed by atoms with Gasteiger partial charge in [0.25, 0.3) is 0 Å². The average Bonchev–Trinajstić information content (AvgIpc) is 3.13. The molecule has 0 saturated carbocycles. The van der Waals surface area contributed by atoms with Crippen molar-refractivity contribution in [3.05, 3.63) is 51.2 Å². The van der Waals surface area contributed by atoms with Crippen LogP contribution in [0, 0.1) is 0 Å². The van der Waals surface area contributed by atoms with E-state index in [2.05, 4.69) is 4.99 Å². The number of amides is 1. The lowest BCUT2D eigenvalue weighted by atomic mass is 10.3. The van der Waals surface area contributed by atoms with Crippen molar-refractivity contribution in [2.24, 2.45) is 4.99 Å². The van der Waals surface area contributed by atoms with Crippen molar-refractivity contribution in [3.8, 4) is 5.75 Å². The highest BCUT2D eigenvalue weighted by atomic mass is 35.5. The molecule has 0 fully saturated rings. The lowest BCUT2D eigenvalue weighted by Crippen LogP contribution is -2.19. The molecule has 2 aromatic carbocycles. The van der Waals surface area contributed by atoms with E-state index >= 15 is 0 Å². The van der Waals surface area contributed by atoms with Crippen LogP contribution < -0.4 is 9.54 Å². The van der Waals surface area contributed by atoms with Gasteiger partial charge >= 0.3 is 0 Å². The molecule has 1 amide bonds. The molecular formula is C21H22Cl2N2O5S2. The Kier molecular flexibility index (Phi) is 8.35. The number of carbonyl (C=O) groups is 1. The number of halogens is 2. The summed E-state index contributed by atoms with van der Waals surface area (Å²) >= 11 is 13.9. The lowest BCUT2D eigenvalue weighted by molar-refractivity contribution is -0.118. The smallest absolute Gasteiger partial charge is 0.248 e. The predicted molar refractivity (Wildman–Crippen MR) is 127 cm³/mol. The average molecular weight is 517 g/mol. The Balaban J connectivity index is 1.77. The topological polar surface area (TPSA) is 87.0 Å². The third-order valence-corrected chi connectivity index (χ3v) is 8.35. The van der Waals surface area contributed by atoms with Crippen molar-refractivity contribution >= 4 is 60.5 Å². The number of hydrogen-bond acceptors (Lipinski definition) is 6. The first-order valence-corrected chi connectivity index (χ1v) is 12.9. The SMILES string of the molecule is COCCn1c(=NC(=O)CCCS(=O)(=O)c2ccc(OC)cc2)sc2c(Cl)ccc(Cl)c21. The van der Waals surface area contributed by atoms with Gasteiger partial charge in [0, 0.05) is 20.1 Å². The van der Waals surface area contributed by atoms with E-state index in [0.29, 0.717) is 39.3 Å². The Hall–Kier alpha value is -1.91. The normalized spacial score (nSPS) is 12.4. The maximum atomic E-state index is 12.5. The zero-order chi connectivity index (χ0) is 23.3. The van der Waals surface area contributed by atoms with E-state index in [0.717, 1.165) is 4.70 Å². The minimum atomic E-state index is -3.51. The molecule has 0 atom stereocenters. The highest BCUT2D eigenvalue weighted by Gasteiger charge is 2.16. The molecule has 0 spiro atoms. The minimum absolute atomic E-state index is 0.00459. The van der Waals surface area contributed by atoms with Gasteiger partial charge in [-0.2, -0.15) is 4.99 Å². The fourth-order valence-corrected chi connectivity index (χ4v) is 6.06. The first-order valence-electron chi connectivity index (χ1n) is 9.67. The highest BCUT2D eigenvalue weighted by molar-refractivity contribution is 7.91. The van der Waals surface area contributed by atoms with E-state index in [1.54, 1.807) is 35.9 Å². The number of rotatable bonds is 9. The van der Waals surface area contributed by atoms with Gasteiger partial charge in [0.15, 0.2) is 14.6 Å². The molecule has 1 heterocycles. The van der Waals surface area contributed by atoms with Crippen molar-refractivity contribution in [2.45, 2.75) is 24.3 Å². The van der Waals surface area contributed by atoms with E-state index < -0.39 is 15.7 Å². The molecule has 172 valence electrons. The molecule has 0 aliphatic rings. The number of fused-ring (bicyclic) bond motifs is 1. The van der Waals surface area contributed by atoms with Crippen molar-refractivity contribution in [1.29, 1.82) is 0 Å². The Morgan fingerprint density at radius 1 is 1.09 bits per heavy atom. The van der Waals surface area contributed by atoms with Crippen LogP contribution >= 0.6 is 34.5 Å². The summed E-state index contributed by atoms with van der Waals surface area (Å²) in [6.45, 7) is 0.838. The molecule has 7 nitrogen and oxygen atoms in total. The Labute approximate surface area is 200 Å². The van der Waals surface area contributed by atoms with Crippen LogP contribution in [-0.2, 0) is 25.9 Å². The molecule has 0 N–H and O–H groups in total. The fourth-order valence-electron chi connectivity index (χ4n) is 3.06. The van der Waals surface area contributed by atoms with E-state index in [1.807, 2.05) is 0 Å². The fraction of sp³-hybridized carbons (Fsp3) is 0.333. The zero-order valence-corrected chi connectivity index (χ0v) is 20.7. The molecule has 3 rings (SSSR count). The summed E-state index contributed by atoms with van der Waals surface area (Å²) in [6.07, 6.45) is 0.149. The first kappa shape index (κ1) is 24.7. The van der Waals surface area contributed by atoms with Crippen LogP contribution in [0.2, 0.25) is 10.0 Å². The molecule has 3 aromatic rings. The van der Waals surface area contributed by atoms with Gasteiger partial charge in [-0.3, -0.25) is 4.79 Å². The number of nitrogens with zero attached hydrogens (tertiary/aromatic N) is 2. The van der Waals surface area contributed by atoms with E-state index in [-0.39, 0.29) is 23.5 Å². The molecule has 0 radical (unpaired) electrons. The van der Waals surface area contributed by atoms with Crippen LogP contribution in [-0.4, -0.2) is 45.5 Å². The van der Waals surface area contributed by atoms with Crippen LogP contribution in [0.25, 0.3) is 10.2 Å². The number of methoxy groups -OCH3 is 2. The molecule has 0 bridgehead atoms. The lowest BCUT2D eigenvalue weighted by Gasteiger charge is -2.06. The van der Waals surface area contributed by atoms with Gasteiger partial charge in [-0.25, -0.2) is 8.42 Å². The second-order valence-corrected chi connectivity index (χ2v) is 10.7. The van der Waals surface area contributed by atoms with Gasteiger partial charge in [0.1, 0.15) is 5.75 Å². The minimum Gasteiger partial charge on any atom is -0.497 e. The zero-order valence-electron chi connectivity index (χ0n) is 17.5. The summed E-state index contributed by atoms with van der Waals surface area (Å²) in [6, 6.07) is 9.54. The molecule has 11 heteroatoms. The summed E-state index contributed by atoms with van der Waals surface area (Å²) in [7, 11) is -0.421. The Morgan fingerprint density at radius 2 is 1.78 bits per heavy atom. The number of thiazole rings is 1. The Morgan fingerprint density at radius 3 is 2.44 bits per heavy atom. The maximum Gasteiger partial charge on any atom is 0.248 e. The van der Waals surface area contributed by atoms with Gasteiger partial charge in [0.05, 0.1) is 44.6 Å². The second-order valence-electron chi connectivity index (χ2n) is 6.84. The van der Waals surface area contributed by atoms with Crippen LogP contribution in [0.15, 0.2) is 46.3 Å². The quantitative estimate of drug-likeness (QED) is 0.421. The van der Waals surface area contributed by atoms with Crippen LogP contribution in [0.4, 0.5) is 0 Å². The van der Waals surface area contributed by atoms with Gasteiger partial charge in [-0.05, 0) is 42.8 Å². The summed E-state index contributed by atoms with van der Waals surface area (Å²) in [5.41, 5.74) is 0.690. The highest BCUT2D eigenvalue weighted by Crippen LogP contribution is 2.31. The molecule has 0 saturated heterocycles. The van der Waals surface area contributed by atoms with E-state index in [4.69, 9.17) is 32.7 Å². The standard InChI is InChI=1S/C21H22Cl2N2O5S2/c1-29-12-11-25-19-16(22)9-10-17(23)20(19)31-21(25)24-18(26)4-3-13-32(27,28)15-7-5-14(30-2)6-8-15/h5-10H,3-4,11-13H2,1-2H3. The predicted octanol–water partition coefficient (Wildman–Crippen LogP) is 4.35. The third-order valence-electron chi connectivity index (χ3n) is 4.69. The van der Waals surface area contributed by atoms with Crippen LogP contribution in [0.5, 0.6) is 5.75 Å². The second kappa shape index (κ2) is 10.8. The molecular weight excluding hydrogens is 495 g/mol. The third kappa shape index (κ3) is 5.71. The number of hydrogen-bond donors (Lipinski definition) is 0. The summed E-state index contributed by atoms with van der Waals surface area (Å²) in [4.78, 5) is 17.3. The van der Waals surface area contributed by atoms with Crippen LogP contribution in [0.3, 0.4) is 0 Å². The van der Waals surface area contributed by atoms with Crippen LogP contribution in [0.1, 0.15) is 12.8 Å². The molecule has 0 aliphatic heterocycles. The van der Waals surface area contributed by atoms with Gasteiger partial charge in [0.2, 0.25) is 5.91 Å². The summed E-state index contributed by atoms with van der Waals surface area (Å²) in [5.74, 6) is -0.00271. The van der Waals surface area contributed by atoms with Crippen molar-refractivity contribution < 1.29 is 22.7 Å². The number of benzene rings is 2. The van der Waals surface area contributed by atoms with Crippen molar-refractivity contribution in [1.82, 2.24) is 4.57 Å². The number of aromatic nitrogens is 1. The largest absolute Gasteiger partial charge is 0.497 e. The summed E-state index contributed by atoms with van der Waals surface area (Å²) < 4.78 is 37.7. The Bertz CT molecular complexity index is 1280. The molecule has 32 heavy (non-hydrogen) atoms. The molecule has 1 aromatic heterocycles. The van der Waals surface area contributed by atoms with Gasteiger partial charge in [-0.1, -0.05) is 34.5 Å². The van der Waals surface area contributed by atoms with Gasteiger partial charge < -0.3 is 14.0 Å². The number of ether oxygens (including phenoxy) is 2. The molecule has 0 unspecified atom stereocenters. The summed E-state index contributed by atoms with van der Waals surface area (Å²) in [5, 5.41) is 1.01. The number of carbonyl (C=O) groups excluding carboxylic acids is 1. The monoisotopic (exact) mass is 516 g/mol. The van der Waals surface area contributed by atoms with Crippen molar-refractivity contribution in [3.63, 3.8) is 0 Å². The first-order chi connectivity index (χ1) is 15.3. The van der Waals surface area contributed by atoms with E-state index in [9.17, 15) is 13.2 Å². The maximum absolute atomic E-state index is 12.5. The van der Waals surface area contributed by atoms with Gasteiger partial charge in [-0.15, -0.1) is 0 Å². The van der Waals surface area contributed by atoms with E-state index in [1.165, 1.54) is 30.6 Å². The number of sulfone groups is 1.